The standard InChI is InChI=1S/C18H25N5O2/c1-3-25-15-10-14(18(15)7-5-4-6-8-18)20-17(24)12-9-13-16(19-11-12)23(2)22-21-13/h9,11,14-15H,3-8,10H2,1-2H3,(H,20,24). The van der Waals surface area contributed by atoms with Gasteiger partial charge < -0.3 is 10.1 Å². The lowest BCUT2D eigenvalue weighted by atomic mass is 9.55. The van der Waals surface area contributed by atoms with E-state index >= 15 is 0 Å². The molecule has 2 saturated carbocycles. The Morgan fingerprint density at radius 3 is 2.96 bits per heavy atom. The maximum Gasteiger partial charge on any atom is 0.253 e. The van der Waals surface area contributed by atoms with E-state index in [0.717, 1.165) is 25.9 Å². The Kier molecular flexibility index (Phi) is 4.19. The number of aromatic nitrogens is 4. The highest BCUT2D eigenvalue weighted by molar-refractivity contribution is 5.96. The zero-order valence-corrected chi connectivity index (χ0v) is 14.9. The second-order valence-electron chi connectivity index (χ2n) is 7.28. The minimum absolute atomic E-state index is 0.0787. The summed E-state index contributed by atoms with van der Waals surface area (Å²) in [6, 6.07) is 1.95. The Morgan fingerprint density at radius 2 is 2.20 bits per heavy atom. The first-order valence-corrected chi connectivity index (χ1v) is 9.22. The highest BCUT2D eigenvalue weighted by Gasteiger charge is 2.56. The number of hydrogen-bond donors (Lipinski definition) is 1. The number of aryl methyl sites for hydroxylation is 1. The van der Waals surface area contributed by atoms with Crippen LogP contribution in [-0.4, -0.2) is 44.6 Å². The molecule has 1 amide bonds. The van der Waals surface area contributed by atoms with Gasteiger partial charge in [0.05, 0.1) is 11.7 Å². The molecule has 7 nitrogen and oxygen atoms in total. The average molecular weight is 343 g/mol. The third kappa shape index (κ3) is 2.70. The van der Waals surface area contributed by atoms with Crippen LogP contribution in [0.1, 0.15) is 55.8 Å². The predicted molar refractivity (Wildman–Crippen MR) is 93.1 cm³/mol. The van der Waals surface area contributed by atoms with Crippen molar-refractivity contribution in [1.82, 2.24) is 25.3 Å². The molecule has 7 heteroatoms. The molecule has 2 atom stereocenters. The summed E-state index contributed by atoms with van der Waals surface area (Å²) in [5.41, 5.74) is 1.98. The van der Waals surface area contributed by atoms with Crippen LogP contribution in [-0.2, 0) is 11.8 Å². The van der Waals surface area contributed by atoms with E-state index in [1.807, 2.05) is 6.92 Å². The van der Waals surface area contributed by atoms with E-state index < -0.39 is 0 Å². The Bertz CT molecular complexity index is 781. The summed E-state index contributed by atoms with van der Waals surface area (Å²) in [6.07, 6.45) is 8.81. The molecule has 2 aliphatic carbocycles. The van der Waals surface area contributed by atoms with Crippen LogP contribution in [0.3, 0.4) is 0 Å². The smallest absolute Gasteiger partial charge is 0.253 e. The number of pyridine rings is 1. The van der Waals surface area contributed by atoms with Crippen LogP contribution in [0.15, 0.2) is 12.3 Å². The van der Waals surface area contributed by atoms with Crippen LogP contribution in [0, 0.1) is 5.41 Å². The van der Waals surface area contributed by atoms with Gasteiger partial charge in [-0.3, -0.25) is 4.79 Å². The number of nitrogens with one attached hydrogen (secondary N) is 1. The van der Waals surface area contributed by atoms with Crippen molar-refractivity contribution in [2.45, 2.75) is 57.6 Å². The maximum atomic E-state index is 12.7. The number of nitrogens with zero attached hydrogens (tertiary/aromatic N) is 4. The number of ether oxygens (including phenoxy) is 1. The lowest BCUT2D eigenvalue weighted by Gasteiger charge is -2.57. The lowest BCUT2D eigenvalue weighted by Crippen LogP contribution is -2.65. The number of hydrogen-bond acceptors (Lipinski definition) is 5. The van der Waals surface area contributed by atoms with Gasteiger partial charge in [0.25, 0.3) is 5.91 Å². The molecule has 0 aliphatic heterocycles. The van der Waals surface area contributed by atoms with Gasteiger partial charge in [-0.2, -0.15) is 0 Å². The van der Waals surface area contributed by atoms with Crippen molar-refractivity contribution in [2.75, 3.05) is 6.61 Å². The Balaban J connectivity index is 1.51. The Hall–Kier alpha value is -2.02. The van der Waals surface area contributed by atoms with E-state index in [2.05, 4.69) is 20.6 Å². The normalized spacial score (nSPS) is 25.0. The summed E-state index contributed by atoms with van der Waals surface area (Å²) < 4.78 is 7.57. The number of fused-ring (bicyclic) bond motifs is 1. The molecule has 2 unspecified atom stereocenters. The first-order chi connectivity index (χ1) is 12.1. The van der Waals surface area contributed by atoms with Crippen LogP contribution >= 0.6 is 0 Å². The minimum atomic E-state index is -0.0787. The second kappa shape index (κ2) is 6.37. The van der Waals surface area contributed by atoms with Gasteiger partial charge in [0, 0.05) is 31.3 Å². The average Bonchev–Trinajstić information content (AvgIpc) is 3.02. The molecule has 0 bridgehead atoms. The molecule has 134 valence electrons. The second-order valence-corrected chi connectivity index (χ2v) is 7.28. The SMILES string of the molecule is CCOC1CC(NC(=O)c2cnc3c(c2)nnn3C)C12CCCCC2. The van der Waals surface area contributed by atoms with Crippen LogP contribution in [0.5, 0.6) is 0 Å². The van der Waals surface area contributed by atoms with Crippen molar-refractivity contribution in [3.63, 3.8) is 0 Å². The summed E-state index contributed by atoms with van der Waals surface area (Å²) in [5, 5.41) is 11.2. The first-order valence-electron chi connectivity index (χ1n) is 9.22. The van der Waals surface area contributed by atoms with E-state index in [1.54, 1.807) is 24.0 Å². The number of carbonyl (C=O) groups is 1. The fraction of sp³-hybridized carbons (Fsp3) is 0.667. The summed E-state index contributed by atoms with van der Waals surface area (Å²) in [5.74, 6) is -0.0787. The molecular weight excluding hydrogens is 318 g/mol. The van der Waals surface area contributed by atoms with E-state index in [9.17, 15) is 4.79 Å². The summed E-state index contributed by atoms with van der Waals surface area (Å²) in [4.78, 5) is 17.1. The third-order valence-electron chi connectivity index (χ3n) is 5.95. The van der Waals surface area contributed by atoms with Gasteiger partial charge in [0.15, 0.2) is 5.65 Å². The predicted octanol–water partition coefficient (Wildman–Crippen LogP) is 2.22. The van der Waals surface area contributed by atoms with E-state index in [1.165, 1.54) is 19.3 Å². The van der Waals surface area contributed by atoms with Gasteiger partial charge in [0.2, 0.25) is 0 Å². The molecule has 2 aromatic heterocycles. The fourth-order valence-corrected chi connectivity index (χ4v) is 4.56. The fourth-order valence-electron chi connectivity index (χ4n) is 4.56. The quantitative estimate of drug-likeness (QED) is 0.920. The van der Waals surface area contributed by atoms with E-state index in [-0.39, 0.29) is 23.5 Å². The van der Waals surface area contributed by atoms with Crippen LogP contribution in [0.2, 0.25) is 0 Å². The molecule has 1 spiro atoms. The van der Waals surface area contributed by atoms with E-state index in [4.69, 9.17) is 4.74 Å². The van der Waals surface area contributed by atoms with Crippen molar-refractivity contribution >= 4 is 17.1 Å². The lowest BCUT2D eigenvalue weighted by molar-refractivity contribution is -0.146. The molecule has 0 saturated heterocycles. The molecule has 1 N–H and O–H groups in total. The van der Waals surface area contributed by atoms with E-state index in [0.29, 0.717) is 16.7 Å². The topological polar surface area (TPSA) is 81.9 Å². The van der Waals surface area contributed by atoms with Gasteiger partial charge in [-0.25, -0.2) is 9.67 Å². The third-order valence-corrected chi connectivity index (χ3v) is 5.95. The number of carbonyl (C=O) groups excluding carboxylic acids is 1. The number of rotatable bonds is 4. The van der Waals surface area contributed by atoms with Crippen LogP contribution in [0.4, 0.5) is 0 Å². The van der Waals surface area contributed by atoms with Crippen molar-refractivity contribution < 1.29 is 9.53 Å². The summed E-state index contributed by atoms with van der Waals surface area (Å²) in [6.45, 7) is 2.78. The van der Waals surface area contributed by atoms with Gasteiger partial charge in [0.1, 0.15) is 5.52 Å². The van der Waals surface area contributed by atoms with Crippen LogP contribution in [0.25, 0.3) is 11.2 Å². The monoisotopic (exact) mass is 343 g/mol. The molecule has 25 heavy (non-hydrogen) atoms. The first kappa shape index (κ1) is 16.4. The van der Waals surface area contributed by atoms with Gasteiger partial charge in [-0.05, 0) is 32.3 Å². The zero-order valence-electron chi connectivity index (χ0n) is 14.9. The van der Waals surface area contributed by atoms with Gasteiger partial charge in [-0.15, -0.1) is 5.10 Å². The highest BCUT2D eigenvalue weighted by atomic mass is 16.5. The number of amides is 1. The molecule has 2 fully saturated rings. The zero-order chi connectivity index (χ0) is 17.4. The van der Waals surface area contributed by atoms with Crippen molar-refractivity contribution in [3.8, 4) is 0 Å². The largest absolute Gasteiger partial charge is 0.378 e. The van der Waals surface area contributed by atoms with Crippen molar-refractivity contribution in [1.29, 1.82) is 0 Å². The molecule has 4 rings (SSSR count). The van der Waals surface area contributed by atoms with Gasteiger partial charge >= 0.3 is 0 Å². The molecule has 0 aromatic carbocycles. The summed E-state index contributed by atoms with van der Waals surface area (Å²) >= 11 is 0. The molecule has 0 radical (unpaired) electrons. The summed E-state index contributed by atoms with van der Waals surface area (Å²) in [7, 11) is 1.79. The van der Waals surface area contributed by atoms with Gasteiger partial charge in [-0.1, -0.05) is 24.5 Å². The van der Waals surface area contributed by atoms with Crippen LogP contribution < -0.4 is 5.32 Å². The Labute approximate surface area is 147 Å². The molecular formula is C18H25N5O2. The molecule has 2 aliphatic rings. The highest BCUT2D eigenvalue weighted by Crippen LogP contribution is 2.53. The molecule has 2 aromatic rings. The Morgan fingerprint density at radius 1 is 1.40 bits per heavy atom. The van der Waals surface area contributed by atoms with Crippen molar-refractivity contribution in [2.24, 2.45) is 12.5 Å². The minimum Gasteiger partial charge on any atom is -0.378 e. The molecule has 2 heterocycles. The maximum absolute atomic E-state index is 12.7. The van der Waals surface area contributed by atoms with Crippen molar-refractivity contribution in [3.05, 3.63) is 17.8 Å².